The smallest absolute Gasteiger partial charge is 0.166 e. The lowest BCUT2D eigenvalue weighted by Crippen LogP contribution is -2.21. The van der Waals surface area contributed by atoms with Crippen molar-refractivity contribution in [2.75, 3.05) is 7.11 Å². The van der Waals surface area contributed by atoms with Crippen LogP contribution in [0.5, 0.6) is 11.5 Å². The second kappa shape index (κ2) is 4.82. The maximum absolute atomic E-state index is 12.0. The highest BCUT2D eigenvalue weighted by molar-refractivity contribution is 6.22. The maximum atomic E-state index is 12.0. The number of allylic oxidation sites excluding steroid dienone is 1. The van der Waals surface area contributed by atoms with E-state index in [1.165, 1.54) is 19.2 Å². The molecule has 1 atom stereocenters. The minimum atomic E-state index is -0.597. The lowest BCUT2D eigenvalue weighted by atomic mass is 9.85. The molecule has 96 valence electrons. The van der Waals surface area contributed by atoms with E-state index >= 15 is 0 Å². The van der Waals surface area contributed by atoms with Gasteiger partial charge in [0.1, 0.15) is 11.5 Å². The van der Waals surface area contributed by atoms with Crippen LogP contribution in [-0.4, -0.2) is 29.2 Å². The third-order valence-corrected chi connectivity index (χ3v) is 3.08. The zero-order valence-electron chi connectivity index (χ0n) is 10.4. The molecule has 0 saturated heterocycles. The Kier molecular flexibility index (Phi) is 3.39. The minimum absolute atomic E-state index is 0.0589. The third kappa shape index (κ3) is 2.38. The second-order valence-corrected chi connectivity index (χ2v) is 4.56. The summed E-state index contributed by atoms with van der Waals surface area (Å²) < 4.78 is 5.07. The molecule has 0 bridgehead atoms. The van der Waals surface area contributed by atoms with E-state index in [1.54, 1.807) is 6.07 Å². The average Bonchev–Trinajstić information content (AvgIpc) is 2.26. The number of carbonyl (C=O) groups is 1. The van der Waals surface area contributed by atoms with Crippen LogP contribution in [0.25, 0.3) is 5.57 Å². The van der Waals surface area contributed by atoms with Gasteiger partial charge in [-0.1, -0.05) is 5.57 Å². The molecule has 4 heteroatoms. The van der Waals surface area contributed by atoms with Gasteiger partial charge in [-0.25, -0.2) is 0 Å². The number of benzene rings is 1. The maximum Gasteiger partial charge on any atom is 0.166 e. The number of phenols is 1. The molecule has 2 N–H and O–H groups in total. The zero-order chi connectivity index (χ0) is 13.3. The summed E-state index contributed by atoms with van der Waals surface area (Å²) >= 11 is 0. The van der Waals surface area contributed by atoms with Crippen LogP contribution in [0.2, 0.25) is 0 Å². The van der Waals surface area contributed by atoms with E-state index in [0.717, 1.165) is 5.57 Å². The Labute approximate surface area is 106 Å². The lowest BCUT2D eigenvalue weighted by molar-refractivity contribution is -0.116. The molecular formula is C14H16O4. The second-order valence-electron chi connectivity index (χ2n) is 4.56. The van der Waals surface area contributed by atoms with E-state index in [1.807, 2.05) is 6.92 Å². The molecule has 0 amide bonds. The largest absolute Gasteiger partial charge is 0.508 e. The first-order chi connectivity index (χ1) is 8.51. The van der Waals surface area contributed by atoms with Gasteiger partial charge in [0.15, 0.2) is 5.78 Å². The summed E-state index contributed by atoms with van der Waals surface area (Å²) in [5.41, 5.74) is 2.06. The zero-order valence-corrected chi connectivity index (χ0v) is 10.4. The highest BCUT2D eigenvalue weighted by Gasteiger charge is 2.25. The molecule has 0 heterocycles. The van der Waals surface area contributed by atoms with Gasteiger partial charge in [0.05, 0.1) is 13.2 Å². The van der Waals surface area contributed by atoms with Gasteiger partial charge in [-0.05, 0) is 31.0 Å². The molecule has 18 heavy (non-hydrogen) atoms. The summed E-state index contributed by atoms with van der Waals surface area (Å²) in [6.07, 6.45) is 0.0180. The number of rotatable bonds is 2. The Bertz CT molecular complexity index is 517. The van der Waals surface area contributed by atoms with Gasteiger partial charge in [0, 0.05) is 18.1 Å². The summed E-state index contributed by atoms with van der Waals surface area (Å²) in [6.45, 7) is 1.83. The predicted molar refractivity (Wildman–Crippen MR) is 67.5 cm³/mol. The van der Waals surface area contributed by atoms with Crippen molar-refractivity contribution < 1.29 is 19.7 Å². The number of phenolic OH excluding ortho intramolecular Hbond substituents is 1. The molecule has 1 aromatic rings. The lowest BCUT2D eigenvalue weighted by Gasteiger charge is -2.21. The molecule has 1 aliphatic rings. The molecule has 0 spiro atoms. The predicted octanol–water partition coefficient (Wildman–Crippen LogP) is 1.90. The number of aromatic hydroxyl groups is 1. The summed E-state index contributed by atoms with van der Waals surface area (Å²) in [6, 6.07) is 4.74. The summed E-state index contributed by atoms with van der Waals surface area (Å²) in [7, 11) is 1.51. The number of ether oxygens (including phenoxy) is 1. The number of aliphatic hydroxyl groups is 1. The molecule has 0 aliphatic heterocycles. The van der Waals surface area contributed by atoms with Gasteiger partial charge in [-0.15, -0.1) is 0 Å². The monoisotopic (exact) mass is 248 g/mol. The molecule has 0 radical (unpaired) electrons. The summed E-state index contributed by atoms with van der Waals surface area (Å²) in [5, 5.41) is 19.2. The third-order valence-electron chi connectivity index (χ3n) is 3.08. The van der Waals surface area contributed by atoms with Crippen LogP contribution in [0, 0.1) is 0 Å². The Hall–Kier alpha value is -1.81. The fourth-order valence-corrected chi connectivity index (χ4v) is 2.33. The topological polar surface area (TPSA) is 66.8 Å². The Morgan fingerprint density at radius 2 is 2.00 bits per heavy atom. The fourth-order valence-electron chi connectivity index (χ4n) is 2.33. The van der Waals surface area contributed by atoms with Crippen molar-refractivity contribution >= 4 is 11.4 Å². The van der Waals surface area contributed by atoms with Gasteiger partial charge in [0.2, 0.25) is 0 Å². The normalized spacial score (nSPS) is 20.2. The van der Waals surface area contributed by atoms with Gasteiger partial charge in [-0.3, -0.25) is 4.79 Å². The van der Waals surface area contributed by atoms with E-state index in [-0.39, 0.29) is 18.0 Å². The first kappa shape index (κ1) is 12.6. The van der Waals surface area contributed by atoms with E-state index in [2.05, 4.69) is 0 Å². The van der Waals surface area contributed by atoms with Crippen LogP contribution in [0.3, 0.4) is 0 Å². The number of Topliss-reactive ketones (excluding diaryl/α,β-unsaturated/α-hetero) is 1. The first-order valence-electron chi connectivity index (χ1n) is 5.80. The Balaban J connectivity index is 2.50. The van der Waals surface area contributed by atoms with Gasteiger partial charge >= 0.3 is 0 Å². The number of aliphatic hydroxyl groups excluding tert-OH is 1. The quantitative estimate of drug-likeness (QED) is 0.838. The standard InChI is InChI=1S/C14H16O4/c1-8-3-10(15)7-13(17)14(8)9-4-11(16)6-12(5-9)18-2/h4-6,10,15-16H,3,7H2,1-2H3. The highest BCUT2D eigenvalue weighted by atomic mass is 16.5. The van der Waals surface area contributed by atoms with Crippen LogP contribution < -0.4 is 4.74 Å². The van der Waals surface area contributed by atoms with Crippen molar-refractivity contribution in [3.8, 4) is 11.5 Å². The van der Waals surface area contributed by atoms with Crippen molar-refractivity contribution in [3.63, 3.8) is 0 Å². The van der Waals surface area contributed by atoms with Crippen LogP contribution in [0.4, 0.5) is 0 Å². The van der Waals surface area contributed by atoms with Crippen LogP contribution >= 0.6 is 0 Å². The minimum Gasteiger partial charge on any atom is -0.508 e. The highest BCUT2D eigenvalue weighted by Crippen LogP contribution is 2.33. The van der Waals surface area contributed by atoms with Crippen LogP contribution in [-0.2, 0) is 4.79 Å². The molecule has 1 aliphatic carbocycles. The van der Waals surface area contributed by atoms with Gasteiger partial charge < -0.3 is 14.9 Å². The molecule has 4 nitrogen and oxygen atoms in total. The number of hydrogen-bond acceptors (Lipinski definition) is 4. The van der Waals surface area contributed by atoms with E-state index in [0.29, 0.717) is 23.3 Å². The van der Waals surface area contributed by atoms with E-state index in [4.69, 9.17) is 4.74 Å². The number of methoxy groups -OCH3 is 1. The molecule has 2 rings (SSSR count). The average molecular weight is 248 g/mol. The van der Waals surface area contributed by atoms with Crippen molar-refractivity contribution in [3.05, 3.63) is 29.3 Å². The van der Waals surface area contributed by atoms with Crippen LogP contribution in [0.1, 0.15) is 25.3 Å². The number of ketones is 1. The van der Waals surface area contributed by atoms with Crippen molar-refractivity contribution in [1.82, 2.24) is 0 Å². The number of hydrogen-bond donors (Lipinski definition) is 2. The van der Waals surface area contributed by atoms with Crippen molar-refractivity contribution in [1.29, 1.82) is 0 Å². The van der Waals surface area contributed by atoms with Crippen molar-refractivity contribution in [2.24, 2.45) is 0 Å². The Morgan fingerprint density at radius 3 is 2.61 bits per heavy atom. The molecule has 0 fully saturated rings. The van der Waals surface area contributed by atoms with Crippen molar-refractivity contribution in [2.45, 2.75) is 25.9 Å². The van der Waals surface area contributed by atoms with E-state index < -0.39 is 6.10 Å². The molecule has 0 aromatic heterocycles. The molecule has 1 aromatic carbocycles. The Morgan fingerprint density at radius 1 is 1.28 bits per heavy atom. The van der Waals surface area contributed by atoms with Gasteiger partial charge in [-0.2, -0.15) is 0 Å². The van der Waals surface area contributed by atoms with Gasteiger partial charge in [0.25, 0.3) is 0 Å². The summed E-state index contributed by atoms with van der Waals surface area (Å²) in [5.74, 6) is 0.465. The molecule has 0 saturated carbocycles. The van der Waals surface area contributed by atoms with Crippen LogP contribution in [0.15, 0.2) is 23.8 Å². The van der Waals surface area contributed by atoms with E-state index in [9.17, 15) is 15.0 Å². The first-order valence-corrected chi connectivity index (χ1v) is 5.80. The number of carbonyl (C=O) groups excluding carboxylic acids is 1. The molecular weight excluding hydrogens is 232 g/mol. The fraction of sp³-hybridized carbons (Fsp3) is 0.357. The summed E-state index contributed by atoms with van der Waals surface area (Å²) in [4.78, 5) is 12.0. The molecule has 1 unspecified atom stereocenters. The SMILES string of the molecule is COc1cc(O)cc(C2=C(C)CC(O)CC2=O)c1.